The zero-order chi connectivity index (χ0) is 19.6. The summed E-state index contributed by atoms with van der Waals surface area (Å²) in [5.74, 6) is -0.342. The molecule has 1 N–H and O–H groups in total. The summed E-state index contributed by atoms with van der Waals surface area (Å²) in [5.41, 5.74) is 4.55. The second-order valence-corrected chi connectivity index (χ2v) is 6.68. The maximum Gasteiger partial charge on any atom is 0.228 e. The number of likely N-dealkylation sites (N-methyl/N-ethyl adjacent to an activating group) is 1. The van der Waals surface area contributed by atoms with Crippen molar-refractivity contribution in [3.8, 4) is 11.3 Å². The first-order chi connectivity index (χ1) is 12.9. The summed E-state index contributed by atoms with van der Waals surface area (Å²) in [4.78, 5) is 19.1. The Kier molecular flexibility index (Phi) is 5.56. The molecule has 0 atom stereocenters. The number of fused-ring (bicyclic) bond motifs is 1. The molecular formula is C21H24FN3O2. The number of imidazole rings is 1. The van der Waals surface area contributed by atoms with Crippen LogP contribution < -0.4 is 0 Å². The van der Waals surface area contributed by atoms with Gasteiger partial charge in [-0.1, -0.05) is 6.07 Å². The standard InChI is InChI=1S/C21H24FN3O2/c1-4-24(9-10-26)20(27)12-18-21(16-6-7-17(22)15(3)11-16)23-19-8-5-14(2)13-25(18)19/h5-8,11,13,26H,4,9-10,12H2,1-3H3. The zero-order valence-corrected chi connectivity index (χ0v) is 15.9. The minimum Gasteiger partial charge on any atom is -0.395 e. The molecule has 0 fully saturated rings. The number of carbonyl (C=O) groups excluding carboxylic acids is 1. The summed E-state index contributed by atoms with van der Waals surface area (Å²) in [6, 6.07) is 8.75. The number of carbonyl (C=O) groups is 1. The van der Waals surface area contributed by atoms with E-state index in [9.17, 15) is 14.3 Å². The maximum atomic E-state index is 13.7. The number of halogens is 1. The number of aryl methyl sites for hydroxylation is 2. The fourth-order valence-electron chi connectivity index (χ4n) is 3.23. The fraction of sp³-hybridized carbons (Fsp3) is 0.333. The predicted octanol–water partition coefficient (Wildman–Crippen LogP) is 3.14. The first-order valence-corrected chi connectivity index (χ1v) is 9.07. The van der Waals surface area contributed by atoms with Gasteiger partial charge < -0.3 is 14.4 Å². The van der Waals surface area contributed by atoms with Gasteiger partial charge in [-0.2, -0.15) is 0 Å². The van der Waals surface area contributed by atoms with E-state index in [0.717, 1.165) is 22.5 Å². The van der Waals surface area contributed by atoms with Gasteiger partial charge in [-0.3, -0.25) is 4.79 Å². The third kappa shape index (κ3) is 3.85. The number of aliphatic hydroxyl groups is 1. The van der Waals surface area contributed by atoms with E-state index in [1.54, 1.807) is 24.0 Å². The highest BCUT2D eigenvalue weighted by atomic mass is 19.1. The molecule has 0 radical (unpaired) electrons. The first kappa shape index (κ1) is 19.0. The molecule has 0 spiro atoms. The molecule has 5 nitrogen and oxygen atoms in total. The third-order valence-corrected chi connectivity index (χ3v) is 4.72. The Morgan fingerprint density at radius 1 is 1.26 bits per heavy atom. The quantitative estimate of drug-likeness (QED) is 0.726. The smallest absolute Gasteiger partial charge is 0.228 e. The number of amides is 1. The normalized spacial score (nSPS) is 11.1. The lowest BCUT2D eigenvalue weighted by Crippen LogP contribution is -2.34. The Morgan fingerprint density at radius 3 is 2.70 bits per heavy atom. The molecule has 0 aliphatic carbocycles. The summed E-state index contributed by atoms with van der Waals surface area (Å²) in [6.07, 6.45) is 2.11. The number of hydrogen-bond donors (Lipinski definition) is 1. The van der Waals surface area contributed by atoms with E-state index >= 15 is 0 Å². The summed E-state index contributed by atoms with van der Waals surface area (Å²) in [7, 11) is 0. The predicted molar refractivity (Wildman–Crippen MR) is 103 cm³/mol. The van der Waals surface area contributed by atoms with Gasteiger partial charge in [-0.15, -0.1) is 0 Å². The average Bonchev–Trinajstić information content (AvgIpc) is 2.99. The van der Waals surface area contributed by atoms with E-state index in [-0.39, 0.29) is 24.8 Å². The molecule has 0 saturated heterocycles. The molecule has 0 aliphatic rings. The minimum absolute atomic E-state index is 0.0736. The highest BCUT2D eigenvalue weighted by Crippen LogP contribution is 2.27. The van der Waals surface area contributed by atoms with Crippen LogP contribution in [0.1, 0.15) is 23.7 Å². The minimum atomic E-state index is -0.268. The number of rotatable bonds is 6. The lowest BCUT2D eigenvalue weighted by molar-refractivity contribution is -0.130. The zero-order valence-electron chi connectivity index (χ0n) is 15.9. The van der Waals surface area contributed by atoms with E-state index in [1.165, 1.54) is 6.07 Å². The van der Waals surface area contributed by atoms with Crippen molar-refractivity contribution >= 4 is 11.6 Å². The van der Waals surface area contributed by atoms with E-state index < -0.39 is 0 Å². The van der Waals surface area contributed by atoms with Crippen LogP contribution in [-0.2, 0) is 11.2 Å². The molecule has 2 heterocycles. The van der Waals surface area contributed by atoms with Gasteiger partial charge in [0.25, 0.3) is 0 Å². The van der Waals surface area contributed by atoms with Gasteiger partial charge in [0.15, 0.2) is 0 Å². The molecule has 1 aromatic carbocycles. The summed E-state index contributed by atoms with van der Waals surface area (Å²) in [6.45, 7) is 6.34. The summed E-state index contributed by atoms with van der Waals surface area (Å²) in [5, 5.41) is 9.19. The molecule has 6 heteroatoms. The topological polar surface area (TPSA) is 57.8 Å². The molecule has 142 valence electrons. The van der Waals surface area contributed by atoms with Gasteiger partial charge in [0.2, 0.25) is 5.91 Å². The number of benzene rings is 1. The van der Waals surface area contributed by atoms with Crippen molar-refractivity contribution in [2.24, 2.45) is 0 Å². The Labute approximate surface area is 158 Å². The van der Waals surface area contributed by atoms with Crippen molar-refractivity contribution in [1.29, 1.82) is 0 Å². The van der Waals surface area contributed by atoms with Crippen molar-refractivity contribution in [3.63, 3.8) is 0 Å². The van der Waals surface area contributed by atoms with Crippen LogP contribution in [0.25, 0.3) is 16.9 Å². The average molecular weight is 369 g/mol. The monoisotopic (exact) mass is 369 g/mol. The van der Waals surface area contributed by atoms with Crippen molar-refractivity contribution < 1.29 is 14.3 Å². The molecule has 27 heavy (non-hydrogen) atoms. The van der Waals surface area contributed by atoms with Crippen molar-refractivity contribution in [1.82, 2.24) is 14.3 Å². The Bertz CT molecular complexity index is 981. The van der Waals surface area contributed by atoms with E-state index in [2.05, 4.69) is 0 Å². The van der Waals surface area contributed by atoms with Crippen LogP contribution in [0.5, 0.6) is 0 Å². The lowest BCUT2D eigenvalue weighted by Gasteiger charge is -2.20. The molecule has 1 amide bonds. The van der Waals surface area contributed by atoms with Crippen LogP contribution in [0.4, 0.5) is 4.39 Å². The van der Waals surface area contributed by atoms with Gasteiger partial charge in [-0.05, 0) is 56.2 Å². The lowest BCUT2D eigenvalue weighted by atomic mass is 10.1. The van der Waals surface area contributed by atoms with Crippen LogP contribution >= 0.6 is 0 Å². The number of aromatic nitrogens is 2. The van der Waals surface area contributed by atoms with E-state index in [4.69, 9.17) is 4.98 Å². The molecule has 0 aliphatic heterocycles. The third-order valence-electron chi connectivity index (χ3n) is 4.72. The molecule has 2 aromatic heterocycles. The number of hydrogen-bond acceptors (Lipinski definition) is 3. The Balaban J connectivity index is 2.11. The molecule has 0 bridgehead atoms. The number of pyridine rings is 1. The molecule has 3 aromatic rings. The molecule has 0 saturated carbocycles. The molecular weight excluding hydrogens is 345 g/mol. The van der Waals surface area contributed by atoms with Crippen molar-refractivity contribution in [2.75, 3.05) is 19.7 Å². The molecule has 3 rings (SSSR count). The summed E-state index contributed by atoms with van der Waals surface area (Å²) < 4.78 is 15.6. The fourth-order valence-corrected chi connectivity index (χ4v) is 3.23. The highest BCUT2D eigenvalue weighted by molar-refractivity contribution is 5.81. The Morgan fingerprint density at radius 2 is 2.04 bits per heavy atom. The highest BCUT2D eigenvalue weighted by Gasteiger charge is 2.20. The van der Waals surface area contributed by atoms with E-state index in [1.807, 2.05) is 36.6 Å². The summed E-state index contributed by atoms with van der Waals surface area (Å²) >= 11 is 0. The second kappa shape index (κ2) is 7.88. The Hall–Kier alpha value is -2.73. The largest absolute Gasteiger partial charge is 0.395 e. The second-order valence-electron chi connectivity index (χ2n) is 6.68. The van der Waals surface area contributed by atoms with Gasteiger partial charge in [0, 0.05) is 24.8 Å². The van der Waals surface area contributed by atoms with Crippen LogP contribution in [0.15, 0.2) is 36.5 Å². The molecule has 0 unspecified atom stereocenters. The van der Waals surface area contributed by atoms with Gasteiger partial charge in [0.05, 0.1) is 24.4 Å². The maximum absolute atomic E-state index is 13.7. The van der Waals surface area contributed by atoms with Crippen LogP contribution in [0.3, 0.4) is 0 Å². The van der Waals surface area contributed by atoms with Gasteiger partial charge in [-0.25, -0.2) is 9.37 Å². The van der Waals surface area contributed by atoms with Gasteiger partial charge in [0.1, 0.15) is 11.5 Å². The van der Waals surface area contributed by atoms with Crippen LogP contribution in [0, 0.1) is 19.7 Å². The van der Waals surface area contributed by atoms with Crippen LogP contribution in [-0.4, -0.2) is 45.0 Å². The first-order valence-electron chi connectivity index (χ1n) is 9.07. The number of nitrogens with zero attached hydrogens (tertiary/aromatic N) is 3. The van der Waals surface area contributed by atoms with E-state index in [0.29, 0.717) is 24.3 Å². The van der Waals surface area contributed by atoms with Crippen molar-refractivity contribution in [3.05, 3.63) is 59.2 Å². The van der Waals surface area contributed by atoms with Gasteiger partial charge >= 0.3 is 0 Å². The number of aliphatic hydroxyl groups excluding tert-OH is 1. The SMILES string of the molecule is CCN(CCO)C(=O)Cc1c(-c2ccc(F)c(C)c2)nc2ccc(C)cn12. The van der Waals surface area contributed by atoms with Crippen LogP contribution in [0.2, 0.25) is 0 Å². The van der Waals surface area contributed by atoms with Crippen molar-refractivity contribution in [2.45, 2.75) is 27.2 Å².